The van der Waals surface area contributed by atoms with E-state index in [1.807, 2.05) is 18.7 Å². The van der Waals surface area contributed by atoms with Crippen LogP contribution in [-0.4, -0.2) is 52.6 Å². The number of hydrogen-bond acceptors (Lipinski definition) is 3. The SMILES string of the molecule is CCNC(=NCc1cccc(Cn2ccnc2)c1)NCCN1CCCCC1CC.I. The minimum atomic E-state index is 0. The van der Waals surface area contributed by atoms with E-state index in [1.165, 1.54) is 43.4 Å². The summed E-state index contributed by atoms with van der Waals surface area (Å²) in [7, 11) is 0. The van der Waals surface area contributed by atoms with Gasteiger partial charge in [-0.15, -0.1) is 24.0 Å². The molecule has 0 aliphatic carbocycles. The Balaban J connectivity index is 0.00000320. The lowest BCUT2D eigenvalue weighted by Gasteiger charge is -2.35. The number of halogens is 1. The van der Waals surface area contributed by atoms with Gasteiger partial charge in [-0.2, -0.15) is 0 Å². The molecule has 7 heteroatoms. The van der Waals surface area contributed by atoms with E-state index < -0.39 is 0 Å². The summed E-state index contributed by atoms with van der Waals surface area (Å²) in [5, 5.41) is 6.89. The zero-order chi connectivity index (χ0) is 20.3. The zero-order valence-corrected chi connectivity index (χ0v) is 20.7. The second kappa shape index (κ2) is 13.6. The molecule has 1 aliphatic rings. The largest absolute Gasteiger partial charge is 0.357 e. The Morgan fingerprint density at radius 1 is 1.20 bits per heavy atom. The lowest BCUT2D eigenvalue weighted by molar-refractivity contribution is 0.147. The summed E-state index contributed by atoms with van der Waals surface area (Å²) < 4.78 is 2.08. The summed E-state index contributed by atoms with van der Waals surface area (Å²) in [4.78, 5) is 11.6. The van der Waals surface area contributed by atoms with Crippen molar-refractivity contribution in [2.75, 3.05) is 26.2 Å². The van der Waals surface area contributed by atoms with Crippen molar-refractivity contribution in [3.63, 3.8) is 0 Å². The Hall–Kier alpha value is -1.61. The Bertz CT molecular complexity index is 746. The van der Waals surface area contributed by atoms with Crippen LogP contribution in [0.5, 0.6) is 0 Å². The maximum Gasteiger partial charge on any atom is 0.191 e. The van der Waals surface area contributed by atoms with Gasteiger partial charge in [0.05, 0.1) is 12.9 Å². The normalized spacial score (nSPS) is 17.4. The number of piperidine rings is 1. The first-order valence-corrected chi connectivity index (χ1v) is 11.1. The van der Waals surface area contributed by atoms with Crippen LogP contribution in [0.25, 0.3) is 0 Å². The quantitative estimate of drug-likeness (QED) is 0.297. The molecule has 2 N–H and O–H groups in total. The third-order valence-corrected chi connectivity index (χ3v) is 5.59. The first-order chi connectivity index (χ1) is 14.3. The van der Waals surface area contributed by atoms with E-state index in [0.717, 1.165) is 38.2 Å². The highest BCUT2D eigenvalue weighted by molar-refractivity contribution is 14.0. The van der Waals surface area contributed by atoms with Crippen LogP contribution in [0, 0.1) is 0 Å². The van der Waals surface area contributed by atoms with E-state index in [1.54, 1.807) is 0 Å². The highest BCUT2D eigenvalue weighted by Gasteiger charge is 2.19. The van der Waals surface area contributed by atoms with Crippen molar-refractivity contribution in [3.05, 3.63) is 54.1 Å². The van der Waals surface area contributed by atoms with Crippen LogP contribution in [0.3, 0.4) is 0 Å². The van der Waals surface area contributed by atoms with Crippen molar-refractivity contribution < 1.29 is 0 Å². The Kier molecular flexibility index (Phi) is 11.2. The Labute approximate surface area is 198 Å². The number of likely N-dealkylation sites (tertiary alicyclic amines) is 1. The summed E-state index contributed by atoms with van der Waals surface area (Å²) in [5.74, 6) is 0.901. The molecule has 2 heterocycles. The van der Waals surface area contributed by atoms with E-state index in [4.69, 9.17) is 4.99 Å². The van der Waals surface area contributed by atoms with E-state index in [9.17, 15) is 0 Å². The molecule has 1 unspecified atom stereocenters. The highest BCUT2D eigenvalue weighted by Crippen LogP contribution is 2.18. The standard InChI is InChI=1S/C23H36N6.HI/c1-3-22-10-5-6-13-29(22)15-12-26-23(25-4-2)27-17-20-8-7-9-21(16-20)18-28-14-11-24-19-28;/h7-9,11,14,16,19,22H,3-6,10,12-13,15,17-18H2,1-2H3,(H2,25,26,27);1H. The molecule has 1 saturated heterocycles. The van der Waals surface area contributed by atoms with Crippen molar-refractivity contribution in [1.82, 2.24) is 25.1 Å². The number of aromatic nitrogens is 2. The van der Waals surface area contributed by atoms with Crippen LogP contribution in [0.4, 0.5) is 0 Å². The van der Waals surface area contributed by atoms with Crippen LogP contribution in [0.2, 0.25) is 0 Å². The first-order valence-electron chi connectivity index (χ1n) is 11.1. The number of aliphatic imine (C=N–C) groups is 1. The maximum absolute atomic E-state index is 4.80. The second-order valence-electron chi connectivity index (χ2n) is 7.77. The zero-order valence-electron chi connectivity index (χ0n) is 18.4. The van der Waals surface area contributed by atoms with E-state index in [2.05, 4.69) is 63.2 Å². The predicted molar refractivity (Wildman–Crippen MR) is 136 cm³/mol. The summed E-state index contributed by atoms with van der Waals surface area (Å²) in [6.07, 6.45) is 11.0. The molecule has 0 spiro atoms. The number of benzene rings is 1. The second-order valence-corrected chi connectivity index (χ2v) is 7.77. The average molecular weight is 524 g/mol. The molecule has 2 aromatic rings. The number of nitrogens with zero attached hydrogens (tertiary/aromatic N) is 4. The average Bonchev–Trinajstić information content (AvgIpc) is 3.25. The molecule has 0 amide bonds. The molecule has 166 valence electrons. The molecular formula is C23H37IN6. The molecule has 1 atom stereocenters. The third kappa shape index (κ3) is 7.91. The van der Waals surface area contributed by atoms with E-state index >= 15 is 0 Å². The number of rotatable bonds is 9. The summed E-state index contributed by atoms with van der Waals surface area (Å²) >= 11 is 0. The van der Waals surface area contributed by atoms with E-state index in [0.29, 0.717) is 6.54 Å². The molecular weight excluding hydrogens is 487 g/mol. The number of hydrogen-bond donors (Lipinski definition) is 2. The van der Waals surface area contributed by atoms with Crippen molar-refractivity contribution in [1.29, 1.82) is 0 Å². The molecule has 3 rings (SSSR count). The molecule has 6 nitrogen and oxygen atoms in total. The fourth-order valence-electron chi connectivity index (χ4n) is 4.06. The van der Waals surface area contributed by atoms with Crippen molar-refractivity contribution >= 4 is 29.9 Å². The fourth-order valence-corrected chi connectivity index (χ4v) is 4.06. The monoisotopic (exact) mass is 524 g/mol. The van der Waals surface area contributed by atoms with Gasteiger partial charge in [0.2, 0.25) is 0 Å². The van der Waals surface area contributed by atoms with Gasteiger partial charge in [-0.3, -0.25) is 4.90 Å². The van der Waals surface area contributed by atoms with E-state index in [-0.39, 0.29) is 24.0 Å². The van der Waals surface area contributed by atoms with Gasteiger partial charge in [-0.1, -0.05) is 37.6 Å². The minimum absolute atomic E-state index is 0. The van der Waals surface area contributed by atoms with Crippen LogP contribution in [0.15, 0.2) is 48.0 Å². The van der Waals surface area contributed by atoms with Crippen LogP contribution < -0.4 is 10.6 Å². The van der Waals surface area contributed by atoms with Gasteiger partial charge < -0.3 is 15.2 Å². The predicted octanol–water partition coefficient (Wildman–Crippen LogP) is 3.87. The molecule has 0 bridgehead atoms. The van der Waals surface area contributed by atoms with Crippen LogP contribution in [-0.2, 0) is 13.1 Å². The topological polar surface area (TPSA) is 57.5 Å². The minimum Gasteiger partial charge on any atom is -0.357 e. The number of imidazole rings is 1. The summed E-state index contributed by atoms with van der Waals surface area (Å²) in [6.45, 7) is 10.1. The number of guanidine groups is 1. The summed E-state index contributed by atoms with van der Waals surface area (Å²) in [5.41, 5.74) is 2.49. The van der Waals surface area contributed by atoms with Gasteiger partial charge in [-0.25, -0.2) is 9.98 Å². The maximum atomic E-state index is 4.80. The Morgan fingerprint density at radius 2 is 2.07 bits per heavy atom. The van der Waals surface area contributed by atoms with Crippen molar-refractivity contribution in [2.24, 2.45) is 4.99 Å². The van der Waals surface area contributed by atoms with Crippen molar-refractivity contribution in [2.45, 2.75) is 58.7 Å². The lowest BCUT2D eigenvalue weighted by atomic mass is 10.0. The van der Waals surface area contributed by atoms with Gasteiger partial charge in [0.15, 0.2) is 5.96 Å². The molecule has 0 saturated carbocycles. The summed E-state index contributed by atoms with van der Waals surface area (Å²) in [6, 6.07) is 9.39. The smallest absolute Gasteiger partial charge is 0.191 e. The molecule has 1 fully saturated rings. The van der Waals surface area contributed by atoms with Crippen molar-refractivity contribution in [3.8, 4) is 0 Å². The molecule has 30 heavy (non-hydrogen) atoms. The van der Waals surface area contributed by atoms with Crippen LogP contribution >= 0.6 is 24.0 Å². The molecule has 1 aliphatic heterocycles. The molecule has 1 aromatic heterocycles. The van der Waals surface area contributed by atoms with Gasteiger partial charge in [0.25, 0.3) is 0 Å². The number of nitrogens with one attached hydrogen (secondary N) is 2. The molecule has 0 radical (unpaired) electrons. The van der Waals surface area contributed by atoms with Crippen LogP contribution in [0.1, 0.15) is 50.7 Å². The Morgan fingerprint density at radius 3 is 2.83 bits per heavy atom. The first kappa shape index (κ1) is 24.7. The van der Waals surface area contributed by atoms with Gasteiger partial charge in [-0.05, 0) is 43.9 Å². The fraction of sp³-hybridized carbons (Fsp3) is 0.565. The highest BCUT2D eigenvalue weighted by atomic mass is 127. The van der Waals surface area contributed by atoms with Gasteiger partial charge in [0, 0.05) is 44.6 Å². The third-order valence-electron chi connectivity index (χ3n) is 5.59. The molecule has 1 aromatic carbocycles. The lowest BCUT2D eigenvalue weighted by Crippen LogP contribution is -2.45. The van der Waals surface area contributed by atoms with Gasteiger partial charge in [0.1, 0.15) is 0 Å². The van der Waals surface area contributed by atoms with Gasteiger partial charge >= 0.3 is 0 Å².